The topological polar surface area (TPSA) is 67.6 Å². The van der Waals surface area contributed by atoms with Gasteiger partial charge >= 0.3 is 0 Å². The lowest BCUT2D eigenvalue weighted by atomic mass is 9.74. The van der Waals surface area contributed by atoms with Gasteiger partial charge in [-0.2, -0.15) is 5.26 Å². The van der Waals surface area contributed by atoms with Crippen LogP contribution in [0.2, 0.25) is 0 Å². The van der Waals surface area contributed by atoms with E-state index in [-0.39, 0.29) is 5.91 Å². The van der Waals surface area contributed by atoms with Crippen molar-refractivity contribution in [1.29, 1.82) is 5.26 Å². The summed E-state index contributed by atoms with van der Waals surface area (Å²) in [4.78, 5) is 16.9. The molecule has 3 rings (SSSR count). The summed E-state index contributed by atoms with van der Waals surface area (Å²) in [6.45, 7) is 3.36. The Kier molecular flexibility index (Phi) is 5.72. The highest BCUT2D eigenvalue weighted by atomic mass is 16.3. The lowest BCUT2D eigenvalue weighted by Gasteiger charge is -2.40. The number of rotatable bonds is 4. The summed E-state index contributed by atoms with van der Waals surface area (Å²) < 4.78 is 0. The van der Waals surface area contributed by atoms with Gasteiger partial charge in [0, 0.05) is 32.7 Å². The summed E-state index contributed by atoms with van der Waals surface area (Å²) in [6.07, 6.45) is 3.98. The summed E-state index contributed by atoms with van der Waals surface area (Å²) in [6, 6.07) is 12.0. The zero-order chi connectivity index (χ0) is 17.7. The van der Waals surface area contributed by atoms with E-state index < -0.39 is 11.5 Å². The quantitative estimate of drug-likeness (QED) is 0.913. The number of hydrogen-bond donors (Lipinski definition) is 1. The molecule has 1 N–H and O–H groups in total. The number of benzene rings is 1. The Hall–Kier alpha value is -1.90. The first kappa shape index (κ1) is 17.9. The SMILES string of the molecule is N#CC1(C(=O)N2CCN(C[C@H](O)c3ccccc3)CC2)CCCCC1. The third-order valence-electron chi connectivity index (χ3n) is 5.61. The Balaban J connectivity index is 1.53. The van der Waals surface area contributed by atoms with Crippen molar-refractivity contribution < 1.29 is 9.90 Å². The molecule has 1 atom stereocenters. The normalized spacial score (nSPS) is 22.2. The number of aliphatic hydroxyl groups excluding tert-OH is 1. The van der Waals surface area contributed by atoms with Gasteiger partial charge < -0.3 is 10.0 Å². The molecule has 1 aromatic rings. The minimum absolute atomic E-state index is 0.0259. The van der Waals surface area contributed by atoms with Crippen LogP contribution < -0.4 is 0 Å². The van der Waals surface area contributed by atoms with Crippen LogP contribution in [-0.4, -0.2) is 53.5 Å². The Morgan fingerprint density at radius 3 is 2.36 bits per heavy atom. The first-order valence-corrected chi connectivity index (χ1v) is 9.31. The van der Waals surface area contributed by atoms with E-state index in [0.717, 1.165) is 37.9 Å². The largest absolute Gasteiger partial charge is 0.387 e. The molecule has 2 aliphatic rings. The molecule has 1 heterocycles. The summed E-state index contributed by atoms with van der Waals surface area (Å²) in [5.74, 6) is 0.0259. The standard InChI is InChI=1S/C20H27N3O2/c21-16-20(9-5-2-6-10-20)19(25)23-13-11-22(12-14-23)15-18(24)17-7-3-1-4-8-17/h1,3-4,7-8,18,24H,2,5-6,9-15H2/t18-/m0/s1. The minimum Gasteiger partial charge on any atom is -0.387 e. The molecule has 5 heteroatoms. The maximum Gasteiger partial charge on any atom is 0.243 e. The van der Waals surface area contributed by atoms with Crippen molar-refractivity contribution in [1.82, 2.24) is 9.80 Å². The van der Waals surface area contributed by atoms with Gasteiger partial charge in [0.05, 0.1) is 12.2 Å². The van der Waals surface area contributed by atoms with Crippen molar-refractivity contribution in [2.75, 3.05) is 32.7 Å². The van der Waals surface area contributed by atoms with Gasteiger partial charge in [-0.15, -0.1) is 0 Å². The Morgan fingerprint density at radius 2 is 1.76 bits per heavy atom. The van der Waals surface area contributed by atoms with Crippen molar-refractivity contribution >= 4 is 5.91 Å². The molecule has 0 unspecified atom stereocenters. The number of carbonyl (C=O) groups is 1. The Bertz CT molecular complexity index is 612. The molecule has 5 nitrogen and oxygen atoms in total. The molecular weight excluding hydrogens is 314 g/mol. The zero-order valence-corrected chi connectivity index (χ0v) is 14.7. The van der Waals surface area contributed by atoms with Gasteiger partial charge in [0.25, 0.3) is 0 Å². The molecule has 1 aliphatic carbocycles. The molecule has 25 heavy (non-hydrogen) atoms. The number of amides is 1. The second-order valence-corrected chi connectivity index (χ2v) is 7.27. The summed E-state index contributed by atoms with van der Waals surface area (Å²) >= 11 is 0. The summed E-state index contributed by atoms with van der Waals surface area (Å²) in [5.41, 5.74) is 0.135. The van der Waals surface area contributed by atoms with Crippen molar-refractivity contribution in [3.8, 4) is 6.07 Å². The van der Waals surface area contributed by atoms with Crippen LogP contribution in [0.3, 0.4) is 0 Å². The highest BCUT2D eigenvalue weighted by molar-refractivity contribution is 5.85. The molecular formula is C20H27N3O2. The van der Waals surface area contributed by atoms with Gasteiger partial charge in [-0.05, 0) is 18.4 Å². The molecule has 1 saturated carbocycles. The Labute approximate surface area is 149 Å². The number of nitrogens with zero attached hydrogens (tertiary/aromatic N) is 3. The molecule has 1 amide bonds. The van der Waals surface area contributed by atoms with Crippen molar-refractivity contribution in [3.05, 3.63) is 35.9 Å². The van der Waals surface area contributed by atoms with E-state index in [9.17, 15) is 15.2 Å². The number of nitriles is 1. The molecule has 0 radical (unpaired) electrons. The molecule has 1 saturated heterocycles. The van der Waals surface area contributed by atoms with E-state index in [1.165, 1.54) is 0 Å². The third-order valence-corrected chi connectivity index (χ3v) is 5.61. The van der Waals surface area contributed by atoms with Gasteiger partial charge in [0.15, 0.2) is 0 Å². The molecule has 134 valence electrons. The average molecular weight is 341 g/mol. The van der Waals surface area contributed by atoms with E-state index in [4.69, 9.17) is 0 Å². The van der Waals surface area contributed by atoms with Crippen LogP contribution in [0.1, 0.15) is 43.8 Å². The maximum atomic E-state index is 12.9. The molecule has 1 aliphatic heterocycles. The number of β-amino-alcohol motifs (C(OH)–C–C–N with tert-alkyl or cyclic N) is 1. The van der Waals surface area contributed by atoms with Gasteiger partial charge in [-0.25, -0.2) is 0 Å². The van der Waals surface area contributed by atoms with Crippen LogP contribution in [-0.2, 0) is 4.79 Å². The van der Waals surface area contributed by atoms with Gasteiger partial charge in [-0.3, -0.25) is 9.69 Å². The van der Waals surface area contributed by atoms with Crippen LogP contribution in [0.25, 0.3) is 0 Å². The third kappa shape index (κ3) is 4.02. The lowest BCUT2D eigenvalue weighted by molar-refractivity contribution is -0.142. The lowest BCUT2D eigenvalue weighted by Crippen LogP contribution is -2.53. The highest BCUT2D eigenvalue weighted by Gasteiger charge is 2.43. The average Bonchev–Trinajstić information content (AvgIpc) is 2.69. The molecule has 0 aromatic heterocycles. The fraction of sp³-hybridized carbons (Fsp3) is 0.600. The van der Waals surface area contributed by atoms with Crippen molar-refractivity contribution in [3.63, 3.8) is 0 Å². The van der Waals surface area contributed by atoms with Gasteiger partial charge in [-0.1, -0.05) is 49.6 Å². The number of carbonyl (C=O) groups excluding carboxylic acids is 1. The number of hydrogen-bond acceptors (Lipinski definition) is 4. The molecule has 1 aromatic carbocycles. The Morgan fingerprint density at radius 1 is 1.12 bits per heavy atom. The molecule has 2 fully saturated rings. The van der Waals surface area contributed by atoms with Crippen LogP contribution in [0, 0.1) is 16.7 Å². The second kappa shape index (κ2) is 7.99. The monoisotopic (exact) mass is 341 g/mol. The fourth-order valence-electron chi connectivity index (χ4n) is 3.99. The van der Waals surface area contributed by atoms with Crippen molar-refractivity contribution in [2.24, 2.45) is 5.41 Å². The molecule has 0 spiro atoms. The predicted molar refractivity (Wildman–Crippen MR) is 95.6 cm³/mol. The van der Waals surface area contributed by atoms with Crippen LogP contribution in [0.5, 0.6) is 0 Å². The van der Waals surface area contributed by atoms with Crippen LogP contribution >= 0.6 is 0 Å². The van der Waals surface area contributed by atoms with Crippen LogP contribution in [0.4, 0.5) is 0 Å². The van der Waals surface area contributed by atoms with E-state index in [0.29, 0.717) is 32.5 Å². The number of aliphatic hydroxyl groups is 1. The maximum absolute atomic E-state index is 12.9. The minimum atomic E-state index is -0.788. The fourth-order valence-corrected chi connectivity index (χ4v) is 3.99. The second-order valence-electron chi connectivity index (χ2n) is 7.27. The van der Waals surface area contributed by atoms with E-state index >= 15 is 0 Å². The number of piperazine rings is 1. The van der Waals surface area contributed by atoms with Crippen molar-refractivity contribution in [2.45, 2.75) is 38.2 Å². The first-order valence-electron chi connectivity index (χ1n) is 9.31. The smallest absolute Gasteiger partial charge is 0.243 e. The van der Waals surface area contributed by atoms with Gasteiger partial charge in [0.1, 0.15) is 5.41 Å². The predicted octanol–water partition coefficient (Wildman–Crippen LogP) is 2.34. The van der Waals surface area contributed by atoms with Gasteiger partial charge in [0.2, 0.25) is 5.91 Å². The van der Waals surface area contributed by atoms with E-state index in [2.05, 4.69) is 11.0 Å². The molecule has 0 bridgehead atoms. The highest BCUT2D eigenvalue weighted by Crippen LogP contribution is 2.37. The zero-order valence-electron chi connectivity index (χ0n) is 14.7. The van der Waals surface area contributed by atoms with E-state index in [1.807, 2.05) is 35.2 Å². The first-order chi connectivity index (χ1) is 12.1. The van der Waals surface area contributed by atoms with E-state index in [1.54, 1.807) is 0 Å². The summed E-state index contributed by atoms with van der Waals surface area (Å²) in [5, 5.41) is 20.0. The summed E-state index contributed by atoms with van der Waals surface area (Å²) in [7, 11) is 0. The van der Waals surface area contributed by atoms with Crippen LogP contribution in [0.15, 0.2) is 30.3 Å².